The lowest BCUT2D eigenvalue weighted by Gasteiger charge is -2.35. The molecule has 0 spiro atoms. The van der Waals surface area contributed by atoms with E-state index in [1.54, 1.807) is 123 Å². The van der Waals surface area contributed by atoms with E-state index in [1.165, 1.54) is 12.1 Å². The second-order valence-electron chi connectivity index (χ2n) is 17.8. The number of aromatic hydroxyl groups is 1. The summed E-state index contributed by atoms with van der Waals surface area (Å²) in [5, 5.41) is 7.28. The first-order chi connectivity index (χ1) is 30.1. The van der Waals surface area contributed by atoms with Gasteiger partial charge in [-0.15, -0.1) is 0 Å². The molecule has 0 saturated heterocycles. The van der Waals surface area contributed by atoms with Crippen molar-refractivity contribution in [3.05, 3.63) is 95.6 Å². The lowest BCUT2D eigenvalue weighted by Crippen LogP contribution is -2.25. The maximum atomic E-state index is 14.3. The quantitative estimate of drug-likeness (QED) is 0.0715. The minimum Gasteiger partial charge on any atom is -0.508 e. The molecule has 0 heterocycles. The summed E-state index contributed by atoms with van der Waals surface area (Å²) in [5.74, 6) is 0.796. The fourth-order valence-corrected chi connectivity index (χ4v) is 18.2. The van der Waals surface area contributed by atoms with E-state index in [1.807, 2.05) is 54.6 Å². The van der Waals surface area contributed by atoms with E-state index in [0.29, 0.717) is 17.9 Å². The minimum absolute atomic E-state index is 0.0771. The Hall–Kier alpha value is -2.14. The second-order valence-corrected chi connectivity index (χ2v) is 27.2. The normalized spacial score (nSPS) is 13.1. The highest BCUT2D eigenvalue weighted by Gasteiger charge is 2.54. The topological polar surface area (TPSA) is 172 Å². The molecule has 0 atom stereocenters. The standard InChI is InChI=1S/C27H42O7P2.C20H36O7P2/c1-20(2)31-35(28,32-21(3)4)27(36(29,33-22(5)6)34-23(7)8)18-24-14-16-26(17-15-24)30-19-25-12-10-9-11-13-25;1-14(2)24-28(22,25-15(3)4)20(13-18-9-11-19(21)12-10-18)29(23,26-16(5)6)27-17(7)8/h9-17,20-23,27H,18-19H2,1-8H3;9-12,14-17,20-21H,13H2,1-8H3. The summed E-state index contributed by atoms with van der Waals surface area (Å²) in [6.45, 7) is 28.5. The van der Waals surface area contributed by atoms with Crippen molar-refractivity contribution in [2.24, 2.45) is 0 Å². The SMILES string of the molecule is CC(C)OP(=O)(OC(C)C)C(Cc1ccc(O)cc1)P(=O)(OC(C)C)OC(C)C.CC(C)OP(=O)(OC(C)C)C(Cc1ccc(OCc2ccccc2)cc1)P(=O)(OC(C)C)OC(C)C. The monoisotopic (exact) mass is 990 g/mol. The summed E-state index contributed by atoms with van der Waals surface area (Å²) < 4.78 is 109. The van der Waals surface area contributed by atoms with E-state index in [-0.39, 0.29) is 18.6 Å². The van der Waals surface area contributed by atoms with Gasteiger partial charge in [0.15, 0.2) is 10.8 Å². The van der Waals surface area contributed by atoms with Crippen LogP contribution in [0.5, 0.6) is 11.5 Å². The average Bonchev–Trinajstić information content (AvgIpc) is 3.14. The molecule has 0 fully saturated rings. The molecule has 0 aliphatic heterocycles. The van der Waals surface area contributed by atoms with Gasteiger partial charge in [0.25, 0.3) is 0 Å². The van der Waals surface area contributed by atoms with Gasteiger partial charge in [-0.25, -0.2) is 0 Å². The number of ether oxygens (including phenoxy) is 1. The number of benzene rings is 3. The molecule has 0 saturated carbocycles. The lowest BCUT2D eigenvalue weighted by atomic mass is 10.2. The van der Waals surface area contributed by atoms with E-state index in [0.717, 1.165) is 11.1 Å². The van der Waals surface area contributed by atoms with Crippen LogP contribution in [-0.4, -0.2) is 64.7 Å². The molecule has 18 heteroatoms. The Bertz CT molecular complexity index is 1870. The summed E-state index contributed by atoms with van der Waals surface area (Å²) in [5.41, 5.74) is 2.55. The van der Waals surface area contributed by atoms with Gasteiger partial charge in [-0.05, 0) is 165 Å². The largest absolute Gasteiger partial charge is 0.508 e. The van der Waals surface area contributed by atoms with Crippen LogP contribution in [0.1, 0.15) is 127 Å². The van der Waals surface area contributed by atoms with E-state index >= 15 is 0 Å². The number of phenols is 1. The average molecular weight is 991 g/mol. The Labute approximate surface area is 390 Å². The first kappa shape index (κ1) is 59.0. The molecule has 0 aromatic heterocycles. The zero-order chi connectivity index (χ0) is 49.3. The van der Waals surface area contributed by atoms with Crippen molar-refractivity contribution in [1.29, 1.82) is 0 Å². The Morgan fingerprint density at radius 1 is 0.369 bits per heavy atom. The highest BCUT2D eigenvalue weighted by molar-refractivity contribution is 7.73. The van der Waals surface area contributed by atoms with Crippen LogP contribution in [0.4, 0.5) is 0 Å². The highest BCUT2D eigenvalue weighted by Crippen LogP contribution is 2.74. The molecular formula is C47H78O14P4. The molecule has 14 nitrogen and oxygen atoms in total. The summed E-state index contributed by atoms with van der Waals surface area (Å²) in [6.07, 6.45) is -3.17. The Balaban J connectivity index is 0.000000458. The molecule has 3 aromatic rings. The molecule has 370 valence electrons. The third-order valence-electron chi connectivity index (χ3n) is 8.27. The van der Waals surface area contributed by atoms with Gasteiger partial charge in [-0.2, -0.15) is 0 Å². The maximum absolute atomic E-state index is 14.3. The van der Waals surface area contributed by atoms with Crippen molar-refractivity contribution in [3.63, 3.8) is 0 Å². The van der Waals surface area contributed by atoms with Crippen LogP contribution in [0, 0.1) is 0 Å². The van der Waals surface area contributed by atoms with Gasteiger partial charge >= 0.3 is 30.4 Å². The van der Waals surface area contributed by atoms with Crippen molar-refractivity contribution in [2.45, 2.75) is 190 Å². The zero-order valence-electron chi connectivity index (χ0n) is 41.4. The van der Waals surface area contributed by atoms with Gasteiger partial charge in [0.1, 0.15) is 18.1 Å². The molecule has 0 amide bonds. The molecule has 0 bridgehead atoms. The smallest absolute Gasteiger partial charge is 0.346 e. The van der Waals surface area contributed by atoms with Crippen LogP contribution in [0.15, 0.2) is 78.9 Å². The van der Waals surface area contributed by atoms with Gasteiger partial charge in [-0.3, -0.25) is 18.3 Å². The van der Waals surface area contributed by atoms with Crippen molar-refractivity contribution < 1.29 is 64.3 Å². The van der Waals surface area contributed by atoms with Gasteiger partial charge in [0, 0.05) is 0 Å². The Morgan fingerprint density at radius 3 is 0.892 bits per heavy atom. The molecular weight excluding hydrogens is 912 g/mol. The van der Waals surface area contributed by atoms with Gasteiger partial charge in [0.05, 0.1) is 48.8 Å². The molecule has 0 aliphatic carbocycles. The van der Waals surface area contributed by atoms with Gasteiger partial charge in [0.2, 0.25) is 0 Å². The zero-order valence-corrected chi connectivity index (χ0v) is 45.0. The van der Waals surface area contributed by atoms with E-state index < -0.39 is 90.0 Å². The van der Waals surface area contributed by atoms with Crippen LogP contribution < -0.4 is 4.74 Å². The fraction of sp³-hybridized carbons (Fsp3) is 0.617. The third kappa shape index (κ3) is 21.0. The van der Waals surface area contributed by atoms with Crippen LogP contribution in [0.2, 0.25) is 0 Å². The summed E-state index contributed by atoms with van der Waals surface area (Å²) >= 11 is 0. The van der Waals surface area contributed by atoms with Crippen molar-refractivity contribution in [1.82, 2.24) is 0 Å². The summed E-state index contributed by atoms with van der Waals surface area (Å²) in [7, 11) is -15.8. The van der Waals surface area contributed by atoms with Crippen LogP contribution >= 0.6 is 30.4 Å². The molecule has 0 radical (unpaired) electrons. The first-order valence-corrected chi connectivity index (χ1v) is 28.9. The number of hydrogen-bond acceptors (Lipinski definition) is 14. The molecule has 3 rings (SSSR count). The minimum atomic E-state index is -3.95. The predicted molar refractivity (Wildman–Crippen MR) is 261 cm³/mol. The first-order valence-electron chi connectivity index (χ1n) is 22.5. The number of hydrogen-bond donors (Lipinski definition) is 1. The van der Waals surface area contributed by atoms with Crippen molar-refractivity contribution in [3.8, 4) is 11.5 Å². The Kier molecular flexibility index (Phi) is 24.6. The van der Waals surface area contributed by atoms with E-state index in [9.17, 15) is 23.4 Å². The fourth-order valence-electron chi connectivity index (χ4n) is 6.32. The van der Waals surface area contributed by atoms with E-state index in [2.05, 4.69) is 0 Å². The second kappa shape index (κ2) is 27.2. The third-order valence-corrected chi connectivity index (χ3v) is 21.0. The number of phenolic OH excluding ortho intramolecular Hbond substituents is 1. The van der Waals surface area contributed by atoms with Crippen LogP contribution in [-0.2, 0) is 73.9 Å². The Morgan fingerprint density at radius 2 is 0.631 bits per heavy atom. The van der Waals surface area contributed by atoms with Gasteiger partial charge in [-0.1, -0.05) is 54.6 Å². The molecule has 65 heavy (non-hydrogen) atoms. The summed E-state index contributed by atoms with van der Waals surface area (Å²) in [6, 6.07) is 23.7. The molecule has 0 aliphatic rings. The highest BCUT2D eigenvalue weighted by atomic mass is 31.2. The number of rotatable bonds is 27. The van der Waals surface area contributed by atoms with Crippen LogP contribution in [0.3, 0.4) is 0 Å². The van der Waals surface area contributed by atoms with Gasteiger partial charge < -0.3 is 46.0 Å². The molecule has 0 unspecified atom stereocenters. The van der Waals surface area contributed by atoms with Crippen LogP contribution in [0.25, 0.3) is 0 Å². The van der Waals surface area contributed by atoms with Crippen molar-refractivity contribution >= 4 is 30.4 Å². The lowest BCUT2D eigenvalue weighted by molar-refractivity contribution is 0.120. The molecule has 1 N–H and O–H groups in total. The predicted octanol–water partition coefficient (Wildman–Crippen LogP) is 14.6. The maximum Gasteiger partial charge on any atom is 0.346 e. The summed E-state index contributed by atoms with van der Waals surface area (Å²) in [4.78, 5) is 0. The van der Waals surface area contributed by atoms with Crippen molar-refractivity contribution in [2.75, 3.05) is 0 Å². The molecule has 3 aromatic carbocycles. The van der Waals surface area contributed by atoms with E-state index in [4.69, 9.17) is 40.9 Å².